The van der Waals surface area contributed by atoms with E-state index in [0.717, 1.165) is 23.3 Å². The smallest absolute Gasteiger partial charge is 0.236 e. The van der Waals surface area contributed by atoms with Crippen molar-refractivity contribution >= 4 is 40.5 Å². The van der Waals surface area contributed by atoms with Gasteiger partial charge in [0.05, 0.1) is 6.04 Å². The van der Waals surface area contributed by atoms with E-state index in [1.54, 1.807) is 31.4 Å². The number of halogens is 1. The third-order valence-electron chi connectivity index (χ3n) is 5.91. The maximum absolute atomic E-state index is 13.6. The third kappa shape index (κ3) is 4.10. The molecular formula is C23H26ClN3O3S. The number of methoxy groups -OCH3 is 1. The Morgan fingerprint density at radius 1 is 1.32 bits per heavy atom. The number of aryl methyl sites for hydroxylation is 1. The molecule has 8 heteroatoms. The minimum Gasteiger partial charge on any atom is -0.467 e. The lowest BCUT2D eigenvalue weighted by Crippen LogP contribution is -2.71. The van der Waals surface area contributed by atoms with Crippen LogP contribution < -0.4 is 15.4 Å². The molecule has 1 fully saturated rings. The SMILES string of the molecule is COCCCN1C(=S)N[C@H]2c3cc(C)ccc3O[C@@]1(C)[C@@H]2C(=O)Nc1ccc(Cl)cc1. The summed E-state index contributed by atoms with van der Waals surface area (Å²) in [7, 11) is 1.67. The fraction of sp³-hybridized carbons (Fsp3) is 0.391. The minimum atomic E-state index is -0.945. The van der Waals surface area contributed by atoms with Gasteiger partial charge in [-0.2, -0.15) is 0 Å². The minimum absolute atomic E-state index is 0.145. The van der Waals surface area contributed by atoms with Gasteiger partial charge >= 0.3 is 0 Å². The lowest BCUT2D eigenvalue weighted by molar-refractivity contribution is -0.149. The molecule has 4 rings (SSSR count). The Hall–Kier alpha value is -2.35. The van der Waals surface area contributed by atoms with Gasteiger partial charge in [-0.1, -0.05) is 29.3 Å². The second-order valence-corrected chi connectivity index (χ2v) is 8.92. The van der Waals surface area contributed by atoms with Crippen LogP contribution in [0.4, 0.5) is 5.69 Å². The number of ether oxygens (including phenoxy) is 2. The van der Waals surface area contributed by atoms with Crippen molar-refractivity contribution in [2.24, 2.45) is 5.92 Å². The molecule has 31 heavy (non-hydrogen) atoms. The number of hydrogen-bond acceptors (Lipinski definition) is 4. The highest BCUT2D eigenvalue weighted by Crippen LogP contribution is 2.48. The fourth-order valence-corrected chi connectivity index (χ4v) is 4.94. The summed E-state index contributed by atoms with van der Waals surface area (Å²) in [6.45, 7) is 5.16. The molecule has 164 valence electrons. The Labute approximate surface area is 192 Å². The number of amides is 1. The fourth-order valence-electron chi connectivity index (χ4n) is 4.41. The molecule has 2 aromatic rings. The van der Waals surface area contributed by atoms with Crippen LogP contribution in [0.5, 0.6) is 5.75 Å². The number of carbonyl (C=O) groups excluding carboxylic acids is 1. The van der Waals surface area contributed by atoms with E-state index in [0.29, 0.717) is 29.0 Å². The normalized spacial score (nSPS) is 24.1. The molecule has 2 aromatic carbocycles. The molecule has 3 atom stereocenters. The molecule has 0 radical (unpaired) electrons. The highest BCUT2D eigenvalue weighted by molar-refractivity contribution is 7.80. The highest BCUT2D eigenvalue weighted by atomic mass is 35.5. The van der Waals surface area contributed by atoms with Crippen LogP contribution in [0.3, 0.4) is 0 Å². The van der Waals surface area contributed by atoms with E-state index in [9.17, 15) is 4.79 Å². The highest BCUT2D eigenvalue weighted by Gasteiger charge is 2.58. The maximum atomic E-state index is 13.6. The molecule has 2 heterocycles. The van der Waals surface area contributed by atoms with E-state index >= 15 is 0 Å². The Morgan fingerprint density at radius 3 is 2.77 bits per heavy atom. The quantitative estimate of drug-likeness (QED) is 0.496. The molecule has 2 bridgehead atoms. The van der Waals surface area contributed by atoms with Crippen LogP contribution in [-0.4, -0.2) is 41.9 Å². The van der Waals surface area contributed by atoms with Gasteiger partial charge in [-0.25, -0.2) is 0 Å². The van der Waals surface area contributed by atoms with Gasteiger partial charge in [0.1, 0.15) is 11.7 Å². The molecule has 0 aliphatic carbocycles. The van der Waals surface area contributed by atoms with E-state index < -0.39 is 11.6 Å². The van der Waals surface area contributed by atoms with Gasteiger partial charge in [0.15, 0.2) is 10.8 Å². The van der Waals surface area contributed by atoms with Crippen molar-refractivity contribution in [3.8, 4) is 5.75 Å². The van der Waals surface area contributed by atoms with Crippen molar-refractivity contribution in [3.05, 3.63) is 58.6 Å². The number of anilines is 1. The summed E-state index contributed by atoms with van der Waals surface area (Å²) >= 11 is 11.7. The first-order valence-corrected chi connectivity index (χ1v) is 11.0. The van der Waals surface area contributed by atoms with Crippen molar-refractivity contribution in [2.75, 3.05) is 25.6 Å². The largest absolute Gasteiger partial charge is 0.467 e. The summed E-state index contributed by atoms with van der Waals surface area (Å²) in [6, 6.07) is 12.8. The molecule has 2 aliphatic heterocycles. The predicted molar refractivity (Wildman–Crippen MR) is 125 cm³/mol. The molecule has 0 saturated carbocycles. The topological polar surface area (TPSA) is 62.8 Å². The average Bonchev–Trinajstić information content (AvgIpc) is 2.72. The summed E-state index contributed by atoms with van der Waals surface area (Å²) in [6.07, 6.45) is 0.758. The zero-order chi connectivity index (χ0) is 22.2. The third-order valence-corrected chi connectivity index (χ3v) is 6.50. The van der Waals surface area contributed by atoms with Crippen LogP contribution in [0, 0.1) is 12.8 Å². The first-order valence-electron chi connectivity index (χ1n) is 10.3. The second-order valence-electron chi connectivity index (χ2n) is 8.10. The van der Waals surface area contributed by atoms with E-state index in [-0.39, 0.29) is 11.9 Å². The van der Waals surface area contributed by atoms with Crippen LogP contribution >= 0.6 is 23.8 Å². The molecule has 0 spiro atoms. The van der Waals surface area contributed by atoms with Gasteiger partial charge in [0.2, 0.25) is 5.91 Å². The number of nitrogens with one attached hydrogen (secondary N) is 2. The first kappa shape index (κ1) is 21.9. The number of nitrogens with zero attached hydrogens (tertiary/aromatic N) is 1. The second kappa shape index (κ2) is 8.65. The summed E-state index contributed by atoms with van der Waals surface area (Å²) in [4.78, 5) is 15.6. The number of hydrogen-bond donors (Lipinski definition) is 2. The van der Waals surface area contributed by atoms with Gasteiger partial charge in [-0.15, -0.1) is 0 Å². The van der Waals surface area contributed by atoms with Crippen LogP contribution in [0.2, 0.25) is 5.02 Å². The molecule has 6 nitrogen and oxygen atoms in total. The standard InChI is InChI=1S/C23H26ClN3O3S/c1-14-5-10-18-17(13-14)20-19(21(28)25-16-8-6-15(24)7-9-16)23(2,30-18)27(22(31)26-20)11-4-12-29-3/h5-10,13,19-20H,4,11-12H2,1-3H3,(H,25,28)(H,26,31)/t19-,20-,23-/m0/s1. The molecule has 1 amide bonds. The maximum Gasteiger partial charge on any atom is 0.236 e. The predicted octanol–water partition coefficient (Wildman–Crippen LogP) is 4.28. The van der Waals surface area contributed by atoms with Crippen LogP contribution in [0.1, 0.15) is 30.5 Å². The molecule has 0 unspecified atom stereocenters. The van der Waals surface area contributed by atoms with Gasteiger partial charge < -0.3 is 25.0 Å². The molecule has 2 N–H and O–H groups in total. The number of carbonyl (C=O) groups is 1. The first-order chi connectivity index (χ1) is 14.8. The number of rotatable bonds is 6. The monoisotopic (exact) mass is 459 g/mol. The van der Waals surface area contributed by atoms with E-state index in [4.69, 9.17) is 33.3 Å². The Morgan fingerprint density at radius 2 is 2.06 bits per heavy atom. The van der Waals surface area contributed by atoms with Gasteiger partial charge in [0.25, 0.3) is 0 Å². The Kier molecular flexibility index (Phi) is 6.10. The molecule has 2 aliphatic rings. The lowest BCUT2D eigenvalue weighted by Gasteiger charge is -2.56. The van der Waals surface area contributed by atoms with Crippen LogP contribution in [0.25, 0.3) is 0 Å². The van der Waals surface area contributed by atoms with E-state index in [1.807, 2.05) is 30.9 Å². The van der Waals surface area contributed by atoms with E-state index in [1.165, 1.54) is 0 Å². The molecular weight excluding hydrogens is 434 g/mol. The Bertz CT molecular complexity index is 1000. The van der Waals surface area contributed by atoms with Crippen molar-refractivity contribution in [1.82, 2.24) is 10.2 Å². The summed E-state index contributed by atoms with van der Waals surface area (Å²) in [5.74, 6) is 0.0841. The molecule has 1 saturated heterocycles. The summed E-state index contributed by atoms with van der Waals surface area (Å²) in [5.41, 5.74) is 1.77. The van der Waals surface area contributed by atoms with Gasteiger partial charge in [0, 0.05) is 36.5 Å². The number of thiocarbonyl (C=S) groups is 1. The van der Waals surface area contributed by atoms with Gasteiger partial charge in [-0.3, -0.25) is 4.79 Å². The van der Waals surface area contributed by atoms with Gasteiger partial charge in [-0.05, 0) is 62.8 Å². The Balaban J connectivity index is 1.72. The zero-order valence-corrected chi connectivity index (χ0v) is 19.3. The van der Waals surface area contributed by atoms with Crippen molar-refractivity contribution in [1.29, 1.82) is 0 Å². The number of benzene rings is 2. The van der Waals surface area contributed by atoms with Crippen molar-refractivity contribution in [2.45, 2.75) is 32.0 Å². The summed E-state index contributed by atoms with van der Waals surface area (Å²) in [5, 5.41) is 7.63. The van der Waals surface area contributed by atoms with Crippen molar-refractivity contribution in [3.63, 3.8) is 0 Å². The average molecular weight is 460 g/mol. The summed E-state index contributed by atoms with van der Waals surface area (Å²) < 4.78 is 11.7. The van der Waals surface area contributed by atoms with Crippen LogP contribution in [-0.2, 0) is 9.53 Å². The van der Waals surface area contributed by atoms with E-state index in [2.05, 4.69) is 16.7 Å². The van der Waals surface area contributed by atoms with Crippen LogP contribution in [0.15, 0.2) is 42.5 Å². The lowest BCUT2D eigenvalue weighted by atomic mass is 9.78. The molecule has 0 aromatic heterocycles. The van der Waals surface area contributed by atoms with Crippen molar-refractivity contribution < 1.29 is 14.3 Å². The number of fused-ring (bicyclic) bond motifs is 4. The zero-order valence-electron chi connectivity index (χ0n) is 17.8.